The van der Waals surface area contributed by atoms with E-state index in [1.807, 2.05) is 36.9 Å². The van der Waals surface area contributed by atoms with Gasteiger partial charge in [-0.25, -0.2) is 0 Å². The molecular weight excluding hydrogens is 367 g/mol. The van der Waals surface area contributed by atoms with Crippen molar-refractivity contribution in [2.45, 2.75) is 32.9 Å². The number of hydrogen-bond donors (Lipinski definition) is 2. The lowest BCUT2D eigenvalue weighted by Gasteiger charge is -2.23. The third kappa shape index (κ3) is 4.58. The lowest BCUT2D eigenvalue weighted by atomic mass is 10.1. The number of alkyl halides is 3. The molecule has 3 rings (SSSR count). The highest BCUT2D eigenvalue weighted by Crippen LogP contribution is 2.36. The van der Waals surface area contributed by atoms with Gasteiger partial charge in [-0.1, -0.05) is 18.2 Å². The van der Waals surface area contributed by atoms with Gasteiger partial charge in [-0.05, 0) is 56.0 Å². The van der Waals surface area contributed by atoms with E-state index in [0.717, 1.165) is 54.9 Å². The Kier molecular flexibility index (Phi) is 5.82. The Morgan fingerprint density at radius 2 is 1.71 bits per heavy atom. The van der Waals surface area contributed by atoms with Gasteiger partial charge in [0.25, 0.3) is 0 Å². The third-order valence-electron chi connectivity index (χ3n) is 4.96. The van der Waals surface area contributed by atoms with E-state index in [2.05, 4.69) is 10.6 Å². The highest BCUT2D eigenvalue weighted by Gasteiger charge is 2.31. The first-order valence-electron chi connectivity index (χ1n) is 9.32. The first kappa shape index (κ1) is 20.0. The van der Waals surface area contributed by atoms with Crippen molar-refractivity contribution in [1.82, 2.24) is 0 Å². The maximum Gasteiger partial charge on any atom is 0.416 e. The van der Waals surface area contributed by atoms with Gasteiger partial charge in [-0.15, -0.1) is 0 Å². The molecule has 1 amide bonds. The lowest BCUT2D eigenvalue weighted by molar-refractivity contribution is -0.137. The number of halogens is 3. The number of anilines is 3. The van der Waals surface area contributed by atoms with Crippen LogP contribution in [0.1, 0.15) is 29.5 Å². The predicted molar refractivity (Wildman–Crippen MR) is 106 cm³/mol. The van der Waals surface area contributed by atoms with Crippen LogP contribution in [0.2, 0.25) is 0 Å². The van der Waals surface area contributed by atoms with Crippen molar-refractivity contribution in [2.24, 2.45) is 0 Å². The summed E-state index contributed by atoms with van der Waals surface area (Å²) < 4.78 is 39.4. The van der Waals surface area contributed by atoms with E-state index in [1.165, 1.54) is 6.07 Å². The summed E-state index contributed by atoms with van der Waals surface area (Å²) in [6, 6.07) is 9.36. The number of carbonyl (C=O) groups is 1. The molecule has 2 aromatic rings. The van der Waals surface area contributed by atoms with Crippen molar-refractivity contribution in [3.05, 3.63) is 53.1 Å². The zero-order chi connectivity index (χ0) is 20.3. The lowest BCUT2D eigenvalue weighted by Crippen LogP contribution is -2.25. The Bertz CT molecular complexity index is 838. The standard InChI is InChI=1S/C21H24F3N3O/c1-14-6-5-7-15(2)20(14)26-19(28)13-25-17-12-16(21(22,23)24)8-9-18(17)27-10-3-4-11-27/h5-9,12,25H,3-4,10-11,13H2,1-2H3,(H,26,28). The fourth-order valence-electron chi connectivity index (χ4n) is 3.46. The Labute approximate surface area is 162 Å². The molecule has 150 valence electrons. The summed E-state index contributed by atoms with van der Waals surface area (Å²) in [5, 5.41) is 5.75. The molecule has 1 aliphatic heterocycles. The molecule has 0 unspecified atom stereocenters. The third-order valence-corrected chi connectivity index (χ3v) is 4.96. The van der Waals surface area contributed by atoms with Crippen LogP contribution >= 0.6 is 0 Å². The quantitative estimate of drug-likeness (QED) is 0.756. The average molecular weight is 391 g/mol. The molecule has 0 atom stereocenters. The zero-order valence-electron chi connectivity index (χ0n) is 16.0. The molecule has 2 N–H and O–H groups in total. The van der Waals surface area contributed by atoms with Crippen molar-refractivity contribution in [3.63, 3.8) is 0 Å². The number of benzene rings is 2. The Hall–Kier alpha value is -2.70. The van der Waals surface area contributed by atoms with E-state index < -0.39 is 11.7 Å². The van der Waals surface area contributed by atoms with Crippen molar-refractivity contribution < 1.29 is 18.0 Å². The van der Waals surface area contributed by atoms with Crippen LogP contribution in [0.5, 0.6) is 0 Å². The molecule has 0 saturated carbocycles. The second kappa shape index (κ2) is 8.12. The summed E-state index contributed by atoms with van der Waals surface area (Å²) in [5.41, 5.74) is 2.90. The second-order valence-electron chi connectivity index (χ2n) is 7.09. The Morgan fingerprint density at radius 3 is 2.32 bits per heavy atom. The van der Waals surface area contributed by atoms with Crippen LogP contribution in [-0.4, -0.2) is 25.5 Å². The first-order valence-corrected chi connectivity index (χ1v) is 9.32. The van der Waals surface area contributed by atoms with Gasteiger partial charge in [-0.2, -0.15) is 13.2 Å². The van der Waals surface area contributed by atoms with Gasteiger partial charge >= 0.3 is 6.18 Å². The van der Waals surface area contributed by atoms with Crippen LogP contribution in [0.25, 0.3) is 0 Å². The van der Waals surface area contributed by atoms with Gasteiger partial charge < -0.3 is 15.5 Å². The topological polar surface area (TPSA) is 44.4 Å². The predicted octanol–water partition coefficient (Wildman–Crippen LogP) is 4.97. The summed E-state index contributed by atoms with van der Waals surface area (Å²) in [5.74, 6) is -0.304. The number of rotatable bonds is 5. The summed E-state index contributed by atoms with van der Waals surface area (Å²) in [4.78, 5) is 14.4. The van der Waals surface area contributed by atoms with E-state index in [-0.39, 0.29) is 12.5 Å². The maximum absolute atomic E-state index is 13.1. The maximum atomic E-state index is 13.1. The second-order valence-corrected chi connectivity index (χ2v) is 7.09. The van der Waals surface area contributed by atoms with Crippen molar-refractivity contribution >= 4 is 23.0 Å². The van der Waals surface area contributed by atoms with Crippen LogP contribution in [-0.2, 0) is 11.0 Å². The zero-order valence-corrected chi connectivity index (χ0v) is 16.0. The molecule has 4 nitrogen and oxygen atoms in total. The number of carbonyl (C=O) groups excluding carboxylic acids is 1. The van der Waals surface area contributed by atoms with Gasteiger partial charge in [0.2, 0.25) is 5.91 Å². The summed E-state index contributed by atoms with van der Waals surface area (Å²) >= 11 is 0. The molecule has 0 aliphatic carbocycles. The highest BCUT2D eigenvalue weighted by atomic mass is 19.4. The molecule has 0 radical (unpaired) electrons. The summed E-state index contributed by atoms with van der Waals surface area (Å²) in [6.45, 7) is 5.28. The number of aryl methyl sites for hydroxylation is 2. The normalized spacial score (nSPS) is 14.2. The molecule has 0 spiro atoms. The van der Waals surface area contributed by atoms with E-state index >= 15 is 0 Å². The van der Waals surface area contributed by atoms with E-state index in [1.54, 1.807) is 0 Å². The van der Waals surface area contributed by atoms with Crippen LogP contribution in [0, 0.1) is 13.8 Å². The number of hydrogen-bond acceptors (Lipinski definition) is 3. The van der Waals surface area contributed by atoms with Gasteiger partial charge in [0.05, 0.1) is 23.5 Å². The number of amides is 1. The molecular formula is C21H24F3N3O. The molecule has 1 aliphatic rings. The van der Waals surface area contributed by atoms with E-state index in [0.29, 0.717) is 11.4 Å². The molecule has 0 bridgehead atoms. The largest absolute Gasteiger partial charge is 0.416 e. The number of nitrogens with zero attached hydrogens (tertiary/aromatic N) is 1. The van der Waals surface area contributed by atoms with E-state index in [9.17, 15) is 18.0 Å². The highest BCUT2D eigenvalue weighted by molar-refractivity contribution is 5.95. The fourth-order valence-corrected chi connectivity index (χ4v) is 3.46. The molecule has 7 heteroatoms. The van der Waals surface area contributed by atoms with Crippen molar-refractivity contribution in [2.75, 3.05) is 35.2 Å². The molecule has 1 saturated heterocycles. The molecule has 2 aromatic carbocycles. The molecule has 0 aromatic heterocycles. The fraction of sp³-hybridized carbons (Fsp3) is 0.381. The van der Waals surface area contributed by atoms with Crippen LogP contribution in [0.3, 0.4) is 0 Å². The first-order chi connectivity index (χ1) is 13.3. The van der Waals surface area contributed by atoms with Crippen LogP contribution in [0.15, 0.2) is 36.4 Å². The Balaban J connectivity index is 1.77. The minimum absolute atomic E-state index is 0.115. The molecule has 1 heterocycles. The Morgan fingerprint density at radius 1 is 1.07 bits per heavy atom. The van der Waals surface area contributed by atoms with Crippen LogP contribution in [0.4, 0.5) is 30.2 Å². The minimum atomic E-state index is -4.43. The molecule has 1 fully saturated rings. The van der Waals surface area contributed by atoms with Crippen LogP contribution < -0.4 is 15.5 Å². The smallest absolute Gasteiger partial charge is 0.374 e. The minimum Gasteiger partial charge on any atom is -0.374 e. The number of para-hydroxylation sites is 1. The van der Waals surface area contributed by atoms with Gasteiger partial charge in [-0.3, -0.25) is 4.79 Å². The molecule has 28 heavy (non-hydrogen) atoms. The average Bonchev–Trinajstić information content (AvgIpc) is 3.16. The van der Waals surface area contributed by atoms with Gasteiger partial charge in [0.15, 0.2) is 0 Å². The summed E-state index contributed by atoms with van der Waals surface area (Å²) in [6.07, 6.45) is -2.42. The van der Waals surface area contributed by atoms with E-state index in [4.69, 9.17) is 0 Å². The number of nitrogens with one attached hydrogen (secondary N) is 2. The monoisotopic (exact) mass is 391 g/mol. The van der Waals surface area contributed by atoms with Gasteiger partial charge in [0, 0.05) is 18.8 Å². The SMILES string of the molecule is Cc1cccc(C)c1NC(=O)CNc1cc(C(F)(F)F)ccc1N1CCCC1. The van der Waals surface area contributed by atoms with Gasteiger partial charge in [0.1, 0.15) is 0 Å². The van der Waals surface area contributed by atoms with Crippen molar-refractivity contribution in [1.29, 1.82) is 0 Å². The summed E-state index contributed by atoms with van der Waals surface area (Å²) in [7, 11) is 0. The van der Waals surface area contributed by atoms with Crippen molar-refractivity contribution in [3.8, 4) is 0 Å².